The van der Waals surface area contributed by atoms with E-state index in [9.17, 15) is 43.2 Å². The van der Waals surface area contributed by atoms with Crippen LogP contribution in [0.5, 0.6) is 0 Å². The summed E-state index contributed by atoms with van der Waals surface area (Å²) < 4.78 is 68.5. The first kappa shape index (κ1) is 92.1. The molecule has 94 heavy (non-hydrogen) atoms. The average molecular weight is 1380 g/mol. The molecule has 558 valence electrons. The van der Waals surface area contributed by atoms with Crippen LogP contribution < -0.4 is 0 Å². The second-order valence-corrected chi connectivity index (χ2v) is 30.2. The van der Waals surface area contributed by atoms with E-state index < -0.39 is 97.5 Å². The van der Waals surface area contributed by atoms with Gasteiger partial charge < -0.3 is 33.8 Å². The lowest BCUT2D eigenvalue weighted by atomic mass is 9.99. The average Bonchev–Trinajstić information content (AvgIpc) is 2.27. The Morgan fingerprint density at radius 3 is 0.755 bits per heavy atom. The third-order valence-corrected chi connectivity index (χ3v) is 19.8. The van der Waals surface area contributed by atoms with Gasteiger partial charge in [0.15, 0.2) is 12.2 Å². The van der Waals surface area contributed by atoms with Crippen LogP contribution in [-0.2, 0) is 65.4 Å². The van der Waals surface area contributed by atoms with Gasteiger partial charge in [0, 0.05) is 25.7 Å². The molecule has 0 aliphatic rings. The molecule has 3 N–H and O–H groups in total. The van der Waals surface area contributed by atoms with Crippen molar-refractivity contribution in [3.63, 3.8) is 0 Å². The number of ether oxygens (including phenoxy) is 4. The Morgan fingerprint density at radius 2 is 0.511 bits per heavy atom. The summed E-state index contributed by atoms with van der Waals surface area (Å²) in [7, 11) is -9.91. The van der Waals surface area contributed by atoms with E-state index in [2.05, 4.69) is 34.6 Å². The molecule has 0 rings (SSSR count). The molecule has 19 heteroatoms. The first-order valence-electron chi connectivity index (χ1n) is 39.2. The topological polar surface area (TPSA) is 237 Å². The highest BCUT2D eigenvalue weighted by atomic mass is 31.2. The molecule has 3 unspecified atom stereocenters. The molecule has 17 nitrogen and oxygen atoms in total. The van der Waals surface area contributed by atoms with Crippen LogP contribution in [0.4, 0.5) is 0 Å². The third kappa shape index (κ3) is 67.3. The zero-order valence-corrected chi connectivity index (χ0v) is 62.9. The normalized spacial score (nSPS) is 14.3. The van der Waals surface area contributed by atoms with Gasteiger partial charge in [-0.2, -0.15) is 0 Å². The summed E-state index contributed by atoms with van der Waals surface area (Å²) in [4.78, 5) is 72.8. The number of aliphatic hydroxyl groups excluding tert-OH is 1. The predicted molar refractivity (Wildman–Crippen MR) is 382 cm³/mol. The van der Waals surface area contributed by atoms with Gasteiger partial charge in [-0.05, 0) is 31.6 Å². The number of aliphatic hydroxyl groups is 1. The first-order chi connectivity index (χ1) is 45.6. The number of hydrogen-bond acceptors (Lipinski definition) is 15. The molecule has 0 amide bonds. The van der Waals surface area contributed by atoms with Crippen LogP contribution in [-0.4, -0.2) is 96.7 Å². The maximum atomic E-state index is 13.1. The van der Waals surface area contributed by atoms with Crippen LogP contribution in [0.3, 0.4) is 0 Å². The van der Waals surface area contributed by atoms with E-state index in [4.69, 9.17) is 37.0 Å². The fraction of sp³-hybridized carbons (Fsp3) is 0.947. The fourth-order valence-corrected chi connectivity index (χ4v) is 13.1. The Bertz CT molecular complexity index is 1810. The highest BCUT2D eigenvalue weighted by Gasteiger charge is 2.30. The summed E-state index contributed by atoms with van der Waals surface area (Å²) in [6.07, 6.45) is 56.6. The number of phosphoric ester groups is 2. The van der Waals surface area contributed by atoms with Crippen LogP contribution in [0.25, 0.3) is 0 Å². The minimum absolute atomic E-state index is 0.108. The maximum absolute atomic E-state index is 13.1. The van der Waals surface area contributed by atoms with Crippen molar-refractivity contribution in [1.29, 1.82) is 0 Å². The summed E-state index contributed by atoms with van der Waals surface area (Å²) >= 11 is 0. The van der Waals surface area contributed by atoms with Gasteiger partial charge in [0.2, 0.25) is 0 Å². The molecule has 0 saturated carbocycles. The summed E-state index contributed by atoms with van der Waals surface area (Å²) in [6.45, 7) is 7.30. The van der Waals surface area contributed by atoms with E-state index >= 15 is 0 Å². The molecular weight excluding hydrogens is 1230 g/mol. The lowest BCUT2D eigenvalue weighted by Gasteiger charge is -2.21. The number of esters is 4. The summed E-state index contributed by atoms with van der Waals surface area (Å²) in [6, 6.07) is 0. The number of rotatable bonds is 75. The summed E-state index contributed by atoms with van der Waals surface area (Å²) in [5.41, 5.74) is 0. The molecule has 0 aromatic heterocycles. The largest absolute Gasteiger partial charge is 0.472 e. The van der Waals surface area contributed by atoms with Gasteiger partial charge in [-0.1, -0.05) is 343 Å². The van der Waals surface area contributed by atoms with Crippen LogP contribution in [0.1, 0.15) is 394 Å². The predicted octanol–water partition coefficient (Wildman–Crippen LogP) is 22.1. The Labute approximate surface area is 575 Å². The maximum Gasteiger partial charge on any atom is 0.472 e. The van der Waals surface area contributed by atoms with Crippen molar-refractivity contribution >= 4 is 39.5 Å². The quantitative estimate of drug-likeness (QED) is 0.0222. The zero-order chi connectivity index (χ0) is 69.1. The molecule has 6 atom stereocenters. The molecule has 0 saturated heterocycles. The van der Waals surface area contributed by atoms with Gasteiger partial charge in [-0.25, -0.2) is 9.13 Å². The van der Waals surface area contributed by atoms with Crippen molar-refractivity contribution in [2.24, 2.45) is 5.92 Å². The van der Waals surface area contributed by atoms with E-state index in [-0.39, 0.29) is 25.7 Å². The molecule has 0 aromatic rings. The van der Waals surface area contributed by atoms with Crippen LogP contribution in [0, 0.1) is 5.92 Å². The van der Waals surface area contributed by atoms with Gasteiger partial charge in [0.05, 0.1) is 26.4 Å². The standard InChI is InChI=1S/C75H146O17P2/c1-6-10-13-16-19-22-25-28-29-30-33-36-39-46-51-56-61-75(80)91-70(64-85-72(77)58-53-48-43-37-34-31-26-23-20-17-14-11-7-2)66-89-93(81,82)87-62-69(76)63-88-94(83,84)90-67-71(65-86-73(78)59-54-49-44-41-40-42-47-52-57-68(5)9-4)92-74(79)60-55-50-45-38-35-32-27-24-21-18-15-12-8-3/h68-71,76H,6-67H2,1-5H3,(H,81,82)(H,83,84)/t68?,69-,70-,71-/m1/s1. The number of phosphoric acid groups is 2. The molecule has 0 aromatic carbocycles. The SMILES string of the molecule is CCCCCCCCCCCCCCCCCCC(=O)O[C@H](COC(=O)CCCCCCCCCCCCCCC)COP(=O)(O)OC[C@@H](O)COP(=O)(O)OC[C@@H](COC(=O)CCCCCCCCCCC(C)CC)OC(=O)CCCCCCCCCCCCCCC. The molecule has 0 bridgehead atoms. The van der Waals surface area contributed by atoms with E-state index in [0.29, 0.717) is 25.7 Å². The van der Waals surface area contributed by atoms with E-state index in [1.54, 1.807) is 0 Å². The molecule has 0 spiro atoms. The highest BCUT2D eigenvalue weighted by Crippen LogP contribution is 2.45. The van der Waals surface area contributed by atoms with Gasteiger partial charge in [0.1, 0.15) is 19.3 Å². The number of carbonyl (C=O) groups excluding carboxylic acids is 4. The molecule has 0 heterocycles. The van der Waals surface area contributed by atoms with E-state index in [1.165, 1.54) is 218 Å². The second kappa shape index (κ2) is 68.2. The van der Waals surface area contributed by atoms with E-state index in [1.807, 2.05) is 0 Å². The first-order valence-corrected chi connectivity index (χ1v) is 42.2. The second-order valence-electron chi connectivity index (χ2n) is 27.3. The lowest BCUT2D eigenvalue weighted by molar-refractivity contribution is -0.161. The summed E-state index contributed by atoms with van der Waals surface area (Å²) in [5, 5.41) is 10.6. The molecule has 0 aliphatic carbocycles. The zero-order valence-electron chi connectivity index (χ0n) is 61.1. The Balaban J connectivity index is 5.26. The number of hydrogen-bond donors (Lipinski definition) is 3. The van der Waals surface area contributed by atoms with Crippen molar-refractivity contribution < 1.29 is 80.2 Å². The lowest BCUT2D eigenvalue weighted by Crippen LogP contribution is -2.30. The van der Waals surface area contributed by atoms with Crippen molar-refractivity contribution in [3.8, 4) is 0 Å². The molecular formula is C75H146O17P2. The monoisotopic (exact) mass is 1380 g/mol. The van der Waals surface area contributed by atoms with Crippen molar-refractivity contribution in [2.75, 3.05) is 39.6 Å². The van der Waals surface area contributed by atoms with Crippen LogP contribution >= 0.6 is 15.6 Å². The third-order valence-electron chi connectivity index (χ3n) is 17.9. The molecule has 0 radical (unpaired) electrons. The highest BCUT2D eigenvalue weighted by molar-refractivity contribution is 7.47. The fourth-order valence-electron chi connectivity index (χ4n) is 11.5. The van der Waals surface area contributed by atoms with Crippen LogP contribution in [0.2, 0.25) is 0 Å². The Morgan fingerprint density at radius 1 is 0.298 bits per heavy atom. The van der Waals surface area contributed by atoms with Gasteiger partial charge >= 0.3 is 39.5 Å². The Kier molecular flexibility index (Phi) is 66.8. The number of unbranched alkanes of at least 4 members (excludes halogenated alkanes) is 46. The summed E-state index contributed by atoms with van der Waals surface area (Å²) in [5.74, 6) is -1.33. The van der Waals surface area contributed by atoms with Crippen molar-refractivity contribution in [3.05, 3.63) is 0 Å². The number of carbonyl (C=O) groups is 4. The van der Waals surface area contributed by atoms with Crippen LogP contribution in [0.15, 0.2) is 0 Å². The van der Waals surface area contributed by atoms with E-state index in [0.717, 1.165) is 95.8 Å². The Hall–Kier alpha value is -1.94. The minimum Gasteiger partial charge on any atom is -0.462 e. The molecule has 0 aliphatic heterocycles. The van der Waals surface area contributed by atoms with Gasteiger partial charge in [-0.15, -0.1) is 0 Å². The van der Waals surface area contributed by atoms with Gasteiger partial charge in [0.25, 0.3) is 0 Å². The smallest absolute Gasteiger partial charge is 0.462 e. The van der Waals surface area contributed by atoms with Crippen molar-refractivity contribution in [1.82, 2.24) is 0 Å². The minimum atomic E-state index is -4.95. The van der Waals surface area contributed by atoms with Crippen molar-refractivity contribution in [2.45, 2.75) is 412 Å². The van der Waals surface area contributed by atoms with Gasteiger partial charge in [-0.3, -0.25) is 37.3 Å². The molecule has 0 fully saturated rings.